The van der Waals surface area contributed by atoms with E-state index in [0.717, 1.165) is 38.7 Å². The van der Waals surface area contributed by atoms with Gasteiger partial charge in [-0.1, -0.05) is 13.3 Å². The first kappa shape index (κ1) is 18.0. The predicted molar refractivity (Wildman–Crippen MR) is 92.5 cm³/mol. The molecule has 6 heteroatoms. The largest absolute Gasteiger partial charge is 0.381 e. The van der Waals surface area contributed by atoms with Crippen LogP contribution in [0.4, 0.5) is 0 Å². The molecular formula is C17H32N4O2. The maximum atomic E-state index is 11.8. The molecule has 1 saturated heterocycles. The van der Waals surface area contributed by atoms with E-state index >= 15 is 0 Å². The van der Waals surface area contributed by atoms with Crippen LogP contribution in [-0.4, -0.2) is 63.7 Å². The Morgan fingerprint density at radius 2 is 2.13 bits per heavy atom. The molecule has 1 unspecified atom stereocenters. The third kappa shape index (κ3) is 5.37. The normalized spacial score (nSPS) is 23.3. The number of aliphatic imine (C=N–C) groups is 1. The fraction of sp³-hybridized carbons (Fsp3) is 0.882. The Hall–Kier alpha value is -1.30. The Bertz CT molecular complexity index is 407. The van der Waals surface area contributed by atoms with Crippen molar-refractivity contribution in [3.8, 4) is 0 Å². The summed E-state index contributed by atoms with van der Waals surface area (Å²) < 4.78 is 5.42. The Kier molecular flexibility index (Phi) is 6.69. The van der Waals surface area contributed by atoms with Gasteiger partial charge in [-0.05, 0) is 31.1 Å². The molecular weight excluding hydrogens is 292 g/mol. The van der Waals surface area contributed by atoms with Crippen molar-refractivity contribution in [1.82, 2.24) is 15.5 Å². The Morgan fingerprint density at radius 1 is 1.35 bits per heavy atom. The fourth-order valence-corrected chi connectivity index (χ4v) is 3.05. The molecule has 0 aromatic carbocycles. The first-order chi connectivity index (χ1) is 11.0. The van der Waals surface area contributed by atoms with Crippen LogP contribution in [0.25, 0.3) is 0 Å². The minimum Gasteiger partial charge on any atom is -0.381 e. The van der Waals surface area contributed by atoms with Gasteiger partial charge in [-0.15, -0.1) is 0 Å². The molecule has 132 valence electrons. The molecule has 1 atom stereocenters. The van der Waals surface area contributed by atoms with Crippen molar-refractivity contribution in [2.75, 3.05) is 46.9 Å². The highest BCUT2D eigenvalue weighted by molar-refractivity contribution is 5.84. The summed E-state index contributed by atoms with van der Waals surface area (Å²) in [5.74, 6) is 1.31. The number of nitrogens with zero attached hydrogens (tertiary/aromatic N) is 2. The maximum Gasteiger partial charge on any atom is 0.243 e. The first-order valence-corrected chi connectivity index (χ1v) is 8.85. The third-order valence-electron chi connectivity index (χ3n) is 5.25. The molecule has 0 radical (unpaired) electrons. The minimum absolute atomic E-state index is 0.0177. The van der Waals surface area contributed by atoms with E-state index in [1.165, 1.54) is 25.7 Å². The summed E-state index contributed by atoms with van der Waals surface area (Å²) in [6, 6.07) is 0. The van der Waals surface area contributed by atoms with Crippen LogP contribution in [0.5, 0.6) is 0 Å². The zero-order valence-corrected chi connectivity index (χ0v) is 14.9. The van der Waals surface area contributed by atoms with Gasteiger partial charge in [0.15, 0.2) is 5.96 Å². The Balaban J connectivity index is 1.86. The van der Waals surface area contributed by atoms with Crippen molar-refractivity contribution < 1.29 is 9.53 Å². The number of amides is 1. The van der Waals surface area contributed by atoms with Crippen molar-refractivity contribution in [3.05, 3.63) is 0 Å². The van der Waals surface area contributed by atoms with Crippen molar-refractivity contribution in [1.29, 1.82) is 0 Å². The molecule has 1 aliphatic heterocycles. The highest BCUT2D eigenvalue weighted by Gasteiger charge is 2.35. The van der Waals surface area contributed by atoms with Crippen molar-refractivity contribution in [2.24, 2.45) is 16.3 Å². The Labute approximate surface area is 140 Å². The number of carbonyl (C=O) groups excluding carboxylic acids is 1. The number of ether oxygens (including phenoxy) is 1. The van der Waals surface area contributed by atoms with E-state index < -0.39 is 0 Å². The van der Waals surface area contributed by atoms with Gasteiger partial charge in [0.1, 0.15) is 6.54 Å². The molecule has 2 N–H and O–H groups in total. The second-order valence-electron chi connectivity index (χ2n) is 7.12. The molecule has 6 nitrogen and oxygen atoms in total. The smallest absolute Gasteiger partial charge is 0.243 e. The van der Waals surface area contributed by atoms with Gasteiger partial charge in [0, 0.05) is 39.7 Å². The average Bonchev–Trinajstić information content (AvgIpc) is 3.01. The van der Waals surface area contributed by atoms with Crippen LogP contribution >= 0.6 is 0 Å². The van der Waals surface area contributed by atoms with Gasteiger partial charge in [-0.25, -0.2) is 4.99 Å². The van der Waals surface area contributed by atoms with E-state index in [9.17, 15) is 4.79 Å². The number of likely N-dealkylation sites (N-methyl/N-ethyl adjacent to an activating group) is 1. The van der Waals surface area contributed by atoms with Crippen LogP contribution < -0.4 is 10.6 Å². The van der Waals surface area contributed by atoms with Crippen LogP contribution in [0.1, 0.15) is 39.0 Å². The molecule has 2 aliphatic rings. The zero-order valence-electron chi connectivity index (χ0n) is 14.9. The van der Waals surface area contributed by atoms with Gasteiger partial charge in [0.05, 0.1) is 6.61 Å². The topological polar surface area (TPSA) is 66.0 Å². The summed E-state index contributed by atoms with van der Waals surface area (Å²) in [7, 11) is 3.52. The molecule has 2 fully saturated rings. The van der Waals surface area contributed by atoms with Gasteiger partial charge in [-0.3, -0.25) is 4.79 Å². The number of hydrogen-bond donors (Lipinski definition) is 2. The number of rotatable bonds is 7. The van der Waals surface area contributed by atoms with Crippen LogP contribution in [0, 0.1) is 11.3 Å². The standard InChI is InChI=1S/C17H32N4O2/c1-4-17(7-5-8-17)13-20-16(19-11-15(22)21(2)3)18-10-14-6-9-23-12-14/h14H,4-13H2,1-3H3,(H2,18,19,20). The van der Waals surface area contributed by atoms with Crippen LogP contribution in [0.15, 0.2) is 4.99 Å². The summed E-state index contributed by atoms with van der Waals surface area (Å²) in [5, 5.41) is 6.85. The summed E-state index contributed by atoms with van der Waals surface area (Å²) >= 11 is 0. The second-order valence-corrected chi connectivity index (χ2v) is 7.12. The van der Waals surface area contributed by atoms with Crippen molar-refractivity contribution >= 4 is 11.9 Å². The molecule has 1 amide bonds. The molecule has 0 spiro atoms. The monoisotopic (exact) mass is 324 g/mol. The van der Waals surface area contributed by atoms with Crippen LogP contribution in [-0.2, 0) is 9.53 Å². The fourth-order valence-electron chi connectivity index (χ4n) is 3.05. The number of hydrogen-bond acceptors (Lipinski definition) is 3. The van der Waals surface area contributed by atoms with Gasteiger partial charge < -0.3 is 20.3 Å². The lowest BCUT2D eigenvalue weighted by Gasteiger charge is -2.41. The van der Waals surface area contributed by atoms with Crippen molar-refractivity contribution in [2.45, 2.75) is 39.0 Å². The molecule has 1 saturated carbocycles. The molecule has 23 heavy (non-hydrogen) atoms. The molecule has 1 aliphatic carbocycles. The molecule has 0 aromatic rings. The molecule has 0 bridgehead atoms. The maximum absolute atomic E-state index is 11.8. The summed E-state index contributed by atoms with van der Waals surface area (Å²) in [5.41, 5.74) is 0.421. The number of guanidine groups is 1. The quantitative estimate of drug-likeness (QED) is 0.546. The first-order valence-electron chi connectivity index (χ1n) is 8.85. The summed E-state index contributed by atoms with van der Waals surface area (Å²) in [4.78, 5) is 17.8. The van der Waals surface area contributed by atoms with E-state index in [0.29, 0.717) is 11.3 Å². The number of carbonyl (C=O) groups is 1. The van der Waals surface area contributed by atoms with Crippen LogP contribution in [0.2, 0.25) is 0 Å². The Morgan fingerprint density at radius 3 is 2.65 bits per heavy atom. The lowest BCUT2D eigenvalue weighted by atomic mass is 9.67. The summed E-state index contributed by atoms with van der Waals surface area (Å²) in [6.07, 6.45) is 6.19. The van der Waals surface area contributed by atoms with Gasteiger partial charge in [0.25, 0.3) is 0 Å². The average molecular weight is 324 g/mol. The zero-order chi connectivity index (χ0) is 16.7. The van der Waals surface area contributed by atoms with Gasteiger partial charge in [0.2, 0.25) is 5.91 Å². The van der Waals surface area contributed by atoms with E-state index in [-0.39, 0.29) is 12.5 Å². The summed E-state index contributed by atoms with van der Waals surface area (Å²) in [6.45, 7) is 5.90. The van der Waals surface area contributed by atoms with Crippen molar-refractivity contribution in [3.63, 3.8) is 0 Å². The molecule has 1 heterocycles. The van der Waals surface area contributed by atoms with E-state index in [1.54, 1.807) is 19.0 Å². The van der Waals surface area contributed by atoms with Crippen LogP contribution in [0.3, 0.4) is 0 Å². The van der Waals surface area contributed by atoms with Gasteiger partial charge in [-0.2, -0.15) is 0 Å². The van der Waals surface area contributed by atoms with E-state index in [2.05, 4.69) is 22.5 Å². The second kappa shape index (κ2) is 8.52. The van der Waals surface area contributed by atoms with Gasteiger partial charge >= 0.3 is 0 Å². The molecule has 2 rings (SSSR count). The minimum atomic E-state index is 0.0177. The SMILES string of the molecule is CCC1(CNC(=NCC(=O)N(C)C)NCC2CCOC2)CCC1. The lowest BCUT2D eigenvalue weighted by molar-refractivity contribution is -0.127. The highest BCUT2D eigenvalue weighted by Crippen LogP contribution is 2.42. The highest BCUT2D eigenvalue weighted by atomic mass is 16.5. The van der Waals surface area contributed by atoms with E-state index in [1.807, 2.05) is 0 Å². The van der Waals surface area contributed by atoms with E-state index in [4.69, 9.17) is 4.74 Å². The number of nitrogens with one attached hydrogen (secondary N) is 2. The predicted octanol–water partition coefficient (Wildman–Crippen LogP) is 1.23. The lowest BCUT2D eigenvalue weighted by Crippen LogP contribution is -2.47. The third-order valence-corrected chi connectivity index (χ3v) is 5.25. The molecule has 0 aromatic heterocycles.